The van der Waals surface area contributed by atoms with Crippen LogP contribution in [0.15, 0.2) is 30.3 Å². The summed E-state index contributed by atoms with van der Waals surface area (Å²) in [4.78, 5) is 12.6. The summed E-state index contributed by atoms with van der Waals surface area (Å²) in [7, 11) is 0. The van der Waals surface area contributed by atoms with Gasteiger partial charge < -0.3 is 5.32 Å². The second kappa shape index (κ2) is 5.28. The first kappa shape index (κ1) is 13.7. The molecule has 2 aromatic carbocycles. The SMILES string of the molecule is Cc1ccc(F)c(C(=O)c2cccc3c2CCCN3)c1F. The van der Waals surface area contributed by atoms with Crippen LogP contribution in [0, 0.1) is 18.6 Å². The van der Waals surface area contributed by atoms with Crippen LogP contribution in [0.3, 0.4) is 0 Å². The van der Waals surface area contributed by atoms with Crippen LogP contribution >= 0.6 is 0 Å². The molecule has 0 aromatic heterocycles. The van der Waals surface area contributed by atoms with Crippen LogP contribution in [-0.4, -0.2) is 12.3 Å². The molecule has 2 aromatic rings. The quantitative estimate of drug-likeness (QED) is 0.850. The van der Waals surface area contributed by atoms with Crippen molar-refractivity contribution in [3.05, 3.63) is 64.2 Å². The summed E-state index contributed by atoms with van der Waals surface area (Å²) in [6, 6.07) is 7.72. The van der Waals surface area contributed by atoms with E-state index in [0.717, 1.165) is 36.7 Å². The fourth-order valence-electron chi connectivity index (χ4n) is 2.72. The summed E-state index contributed by atoms with van der Waals surface area (Å²) in [5.41, 5.74) is 1.90. The van der Waals surface area contributed by atoms with E-state index in [-0.39, 0.29) is 5.56 Å². The Hall–Kier alpha value is -2.23. The topological polar surface area (TPSA) is 29.1 Å². The van der Waals surface area contributed by atoms with Gasteiger partial charge >= 0.3 is 0 Å². The highest BCUT2D eigenvalue weighted by molar-refractivity contribution is 6.11. The largest absolute Gasteiger partial charge is 0.385 e. The summed E-state index contributed by atoms with van der Waals surface area (Å²) in [5.74, 6) is -2.18. The van der Waals surface area contributed by atoms with E-state index in [4.69, 9.17) is 0 Å². The molecule has 0 bridgehead atoms. The maximum atomic E-state index is 14.2. The minimum absolute atomic E-state index is 0.266. The summed E-state index contributed by atoms with van der Waals surface area (Å²) < 4.78 is 28.1. The molecule has 1 heterocycles. The lowest BCUT2D eigenvalue weighted by Gasteiger charge is -2.20. The monoisotopic (exact) mass is 287 g/mol. The molecule has 1 N–H and O–H groups in total. The highest BCUT2D eigenvalue weighted by Crippen LogP contribution is 2.28. The van der Waals surface area contributed by atoms with Gasteiger partial charge in [0.2, 0.25) is 0 Å². The van der Waals surface area contributed by atoms with Gasteiger partial charge in [-0.3, -0.25) is 4.79 Å². The van der Waals surface area contributed by atoms with Crippen LogP contribution < -0.4 is 5.32 Å². The summed E-state index contributed by atoms with van der Waals surface area (Å²) in [6.45, 7) is 2.37. The normalized spacial score (nSPS) is 13.5. The van der Waals surface area contributed by atoms with Gasteiger partial charge in [0.1, 0.15) is 11.6 Å². The van der Waals surface area contributed by atoms with Crippen molar-refractivity contribution in [3.8, 4) is 0 Å². The van der Waals surface area contributed by atoms with Crippen LogP contribution in [0.2, 0.25) is 0 Å². The average Bonchev–Trinajstić information content (AvgIpc) is 2.50. The fraction of sp³-hybridized carbons (Fsp3) is 0.235. The van der Waals surface area contributed by atoms with Gasteiger partial charge in [-0.05, 0) is 43.0 Å². The number of aryl methyl sites for hydroxylation is 1. The molecule has 4 heteroatoms. The lowest BCUT2D eigenvalue weighted by atomic mass is 9.91. The average molecular weight is 287 g/mol. The minimum atomic E-state index is -0.815. The van der Waals surface area contributed by atoms with E-state index in [1.807, 2.05) is 6.07 Å². The molecule has 0 fully saturated rings. The van der Waals surface area contributed by atoms with Gasteiger partial charge in [0.05, 0.1) is 5.56 Å². The predicted octanol–water partition coefficient (Wildman–Crippen LogP) is 3.86. The molecular formula is C17H15F2NO. The van der Waals surface area contributed by atoms with Gasteiger partial charge in [0, 0.05) is 17.8 Å². The van der Waals surface area contributed by atoms with Gasteiger partial charge in [-0.25, -0.2) is 8.78 Å². The second-order valence-corrected chi connectivity index (χ2v) is 5.24. The van der Waals surface area contributed by atoms with Crippen molar-refractivity contribution in [2.24, 2.45) is 0 Å². The lowest BCUT2D eigenvalue weighted by molar-refractivity contribution is 0.103. The number of anilines is 1. The maximum absolute atomic E-state index is 14.2. The van der Waals surface area contributed by atoms with Gasteiger partial charge in [0.15, 0.2) is 5.78 Å². The molecule has 21 heavy (non-hydrogen) atoms. The molecule has 0 radical (unpaired) electrons. The predicted molar refractivity (Wildman–Crippen MR) is 77.8 cm³/mol. The number of hydrogen-bond donors (Lipinski definition) is 1. The molecule has 0 spiro atoms. The first-order chi connectivity index (χ1) is 10.1. The van der Waals surface area contributed by atoms with Crippen LogP contribution in [0.1, 0.15) is 33.5 Å². The molecule has 0 amide bonds. The van der Waals surface area contributed by atoms with Gasteiger partial charge in [-0.15, -0.1) is 0 Å². The number of rotatable bonds is 2. The zero-order chi connectivity index (χ0) is 15.0. The Balaban J connectivity index is 2.14. The molecule has 0 unspecified atom stereocenters. The number of fused-ring (bicyclic) bond motifs is 1. The number of hydrogen-bond acceptors (Lipinski definition) is 2. The second-order valence-electron chi connectivity index (χ2n) is 5.24. The third-order valence-corrected chi connectivity index (χ3v) is 3.85. The van der Waals surface area contributed by atoms with Crippen LogP contribution in [0.25, 0.3) is 0 Å². The Labute approximate surface area is 121 Å². The van der Waals surface area contributed by atoms with Gasteiger partial charge in [0.25, 0.3) is 0 Å². The van der Waals surface area contributed by atoms with E-state index < -0.39 is 23.0 Å². The van der Waals surface area contributed by atoms with Gasteiger partial charge in [-0.2, -0.15) is 0 Å². The Bertz CT molecular complexity index is 725. The lowest BCUT2D eigenvalue weighted by Crippen LogP contribution is -2.17. The Kier molecular flexibility index (Phi) is 3.45. The third kappa shape index (κ3) is 2.31. The molecule has 0 atom stereocenters. The summed E-state index contributed by atoms with van der Waals surface area (Å²) in [6.07, 6.45) is 1.63. The zero-order valence-corrected chi connectivity index (χ0v) is 11.7. The third-order valence-electron chi connectivity index (χ3n) is 3.85. The molecule has 2 nitrogen and oxygen atoms in total. The van der Waals surface area contributed by atoms with Gasteiger partial charge in [-0.1, -0.05) is 18.2 Å². The standard InChI is InChI=1S/C17H15F2NO/c1-10-7-8-13(18)15(16(10)19)17(21)12-4-2-6-14-11(12)5-3-9-20-14/h2,4,6-8,20H,3,5,9H2,1H3. The van der Waals surface area contributed by atoms with E-state index in [1.54, 1.807) is 12.1 Å². The van der Waals surface area contributed by atoms with E-state index in [9.17, 15) is 13.6 Å². The van der Waals surface area contributed by atoms with Crippen molar-refractivity contribution in [2.45, 2.75) is 19.8 Å². The summed E-state index contributed by atoms with van der Waals surface area (Å²) in [5, 5.41) is 3.21. The van der Waals surface area contributed by atoms with Crippen molar-refractivity contribution in [1.82, 2.24) is 0 Å². The van der Waals surface area contributed by atoms with Crippen molar-refractivity contribution >= 4 is 11.5 Å². The van der Waals surface area contributed by atoms with Crippen LogP contribution in [-0.2, 0) is 6.42 Å². The Morgan fingerprint density at radius 2 is 2.00 bits per heavy atom. The molecule has 0 saturated carbocycles. The van der Waals surface area contributed by atoms with E-state index in [2.05, 4.69) is 5.32 Å². The molecule has 0 aliphatic carbocycles. The Morgan fingerprint density at radius 3 is 2.81 bits per heavy atom. The molecule has 108 valence electrons. The zero-order valence-electron chi connectivity index (χ0n) is 11.7. The highest BCUT2D eigenvalue weighted by atomic mass is 19.1. The first-order valence-corrected chi connectivity index (χ1v) is 6.94. The van der Waals surface area contributed by atoms with Crippen molar-refractivity contribution in [1.29, 1.82) is 0 Å². The highest BCUT2D eigenvalue weighted by Gasteiger charge is 2.24. The van der Waals surface area contributed by atoms with Crippen molar-refractivity contribution in [2.75, 3.05) is 11.9 Å². The van der Waals surface area contributed by atoms with Crippen molar-refractivity contribution < 1.29 is 13.6 Å². The number of carbonyl (C=O) groups excluding carboxylic acids is 1. The fourth-order valence-corrected chi connectivity index (χ4v) is 2.72. The maximum Gasteiger partial charge on any atom is 0.199 e. The molecule has 0 saturated heterocycles. The van der Waals surface area contributed by atoms with Crippen LogP contribution in [0.5, 0.6) is 0 Å². The summed E-state index contributed by atoms with van der Waals surface area (Å²) >= 11 is 0. The van der Waals surface area contributed by atoms with Crippen molar-refractivity contribution in [3.63, 3.8) is 0 Å². The Morgan fingerprint density at radius 1 is 1.19 bits per heavy atom. The van der Waals surface area contributed by atoms with Crippen LogP contribution in [0.4, 0.5) is 14.5 Å². The molecular weight excluding hydrogens is 272 g/mol. The minimum Gasteiger partial charge on any atom is -0.385 e. The first-order valence-electron chi connectivity index (χ1n) is 6.94. The smallest absolute Gasteiger partial charge is 0.199 e. The number of nitrogens with one attached hydrogen (secondary N) is 1. The van der Waals surface area contributed by atoms with E-state index in [0.29, 0.717) is 5.56 Å². The number of ketones is 1. The molecule has 1 aliphatic heterocycles. The number of carbonyl (C=O) groups is 1. The molecule has 3 rings (SSSR count). The number of halogens is 2. The van der Waals surface area contributed by atoms with E-state index in [1.165, 1.54) is 13.0 Å². The van der Waals surface area contributed by atoms with E-state index >= 15 is 0 Å². The molecule has 1 aliphatic rings. The number of benzene rings is 2.